The fourth-order valence-corrected chi connectivity index (χ4v) is 4.20. The first-order chi connectivity index (χ1) is 17.4. The molecule has 0 aliphatic carbocycles. The van der Waals surface area contributed by atoms with E-state index in [1.165, 1.54) is 25.3 Å². The van der Waals surface area contributed by atoms with Crippen LogP contribution in [-0.4, -0.2) is 27.8 Å². The van der Waals surface area contributed by atoms with Gasteiger partial charge in [0.25, 0.3) is 5.91 Å². The first-order valence-corrected chi connectivity index (χ1v) is 11.0. The lowest BCUT2D eigenvalue weighted by molar-refractivity contribution is -0.125. The molecular formula is C27H20FN5O3. The molecule has 0 bridgehead atoms. The SMILES string of the molecule is COc1cc2ncc3c(c(-c4ccc(C#N)cc4F)nn3C)c2cc1OC(C(N)=O)c1ccccc1. The van der Waals surface area contributed by atoms with Gasteiger partial charge in [0.15, 0.2) is 11.5 Å². The van der Waals surface area contributed by atoms with Gasteiger partial charge in [0.2, 0.25) is 6.10 Å². The molecule has 8 nitrogen and oxygen atoms in total. The number of aryl methyl sites for hydroxylation is 1. The molecule has 36 heavy (non-hydrogen) atoms. The van der Waals surface area contributed by atoms with Crippen LogP contribution in [0.2, 0.25) is 0 Å². The van der Waals surface area contributed by atoms with E-state index in [1.54, 1.807) is 54.3 Å². The van der Waals surface area contributed by atoms with Crippen LogP contribution in [0.5, 0.6) is 11.5 Å². The predicted molar refractivity (Wildman–Crippen MR) is 132 cm³/mol. The molecule has 0 saturated carbocycles. The number of methoxy groups -OCH3 is 1. The van der Waals surface area contributed by atoms with Gasteiger partial charge in [-0.05, 0) is 24.3 Å². The van der Waals surface area contributed by atoms with Crippen molar-refractivity contribution in [1.82, 2.24) is 14.8 Å². The third kappa shape index (κ3) is 3.84. The molecule has 0 spiro atoms. The number of aromatic nitrogens is 3. The molecule has 0 saturated heterocycles. The second-order valence-corrected chi connectivity index (χ2v) is 8.13. The van der Waals surface area contributed by atoms with E-state index in [1.807, 2.05) is 12.1 Å². The minimum Gasteiger partial charge on any atom is -0.493 e. The van der Waals surface area contributed by atoms with Crippen LogP contribution in [0.25, 0.3) is 33.1 Å². The maximum atomic E-state index is 15.0. The van der Waals surface area contributed by atoms with Crippen LogP contribution < -0.4 is 15.2 Å². The van der Waals surface area contributed by atoms with Gasteiger partial charge in [-0.3, -0.25) is 14.5 Å². The minimum absolute atomic E-state index is 0.210. The summed E-state index contributed by atoms with van der Waals surface area (Å²) in [5.74, 6) is -0.614. The number of halogens is 1. The van der Waals surface area contributed by atoms with Crippen LogP contribution in [0, 0.1) is 17.1 Å². The van der Waals surface area contributed by atoms with Crippen molar-refractivity contribution in [2.24, 2.45) is 12.8 Å². The van der Waals surface area contributed by atoms with Gasteiger partial charge < -0.3 is 15.2 Å². The van der Waals surface area contributed by atoms with E-state index in [0.717, 1.165) is 0 Å². The van der Waals surface area contributed by atoms with Crippen molar-refractivity contribution in [2.75, 3.05) is 7.11 Å². The molecule has 0 fully saturated rings. The van der Waals surface area contributed by atoms with E-state index in [4.69, 9.17) is 20.5 Å². The van der Waals surface area contributed by atoms with Crippen LogP contribution in [0.3, 0.4) is 0 Å². The Bertz CT molecular complexity index is 1670. The lowest BCUT2D eigenvalue weighted by Crippen LogP contribution is -2.26. The zero-order chi connectivity index (χ0) is 25.4. The molecule has 3 aromatic carbocycles. The monoisotopic (exact) mass is 481 g/mol. The average Bonchev–Trinajstić information content (AvgIpc) is 3.23. The minimum atomic E-state index is -1.06. The molecule has 2 heterocycles. The van der Waals surface area contributed by atoms with Crippen molar-refractivity contribution in [3.8, 4) is 28.8 Å². The number of benzene rings is 3. The van der Waals surface area contributed by atoms with Gasteiger partial charge in [-0.2, -0.15) is 10.4 Å². The largest absolute Gasteiger partial charge is 0.493 e. The summed E-state index contributed by atoms with van der Waals surface area (Å²) in [5, 5.41) is 14.9. The number of rotatable bonds is 6. The Hall–Kier alpha value is -4.97. The number of carbonyl (C=O) groups excluding carboxylic acids is 1. The Morgan fingerprint density at radius 3 is 2.58 bits per heavy atom. The lowest BCUT2D eigenvalue weighted by Gasteiger charge is -2.19. The summed E-state index contributed by atoms with van der Waals surface area (Å²) in [6.07, 6.45) is 0.584. The van der Waals surface area contributed by atoms with Crippen LogP contribution in [0.15, 0.2) is 66.9 Å². The van der Waals surface area contributed by atoms with E-state index in [0.29, 0.717) is 38.8 Å². The Balaban J connectivity index is 1.74. The van der Waals surface area contributed by atoms with Crippen molar-refractivity contribution < 1.29 is 18.7 Å². The molecule has 1 amide bonds. The van der Waals surface area contributed by atoms with Crippen molar-refractivity contribution >= 4 is 27.7 Å². The average molecular weight is 481 g/mol. The van der Waals surface area contributed by atoms with Gasteiger partial charge >= 0.3 is 0 Å². The second-order valence-electron chi connectivity index (χ2n) is 8.13. The van der Waals surface area contributed by atoms with Crippen LogP contribution >= 0.6 is 0 Å². The lowest BCUT2D eigenvalue weighted by atomic mass is 10.0. The third-order valence-electron chi connectivity index (χ3n) is 5.93. The topological polar surface area (TPSA) is 116 Å². The molecule has 1 unspecified atom stereocenters. The molecule has 0 aliphatic heterocycles. The smallest absolute Gasteiger partial charge is 0.263 e. The van der Waals surface area contributed by atoms with Gasteiger partial charge in [-0.25, -0.2) is 4.39 Å². The fraction of sp³-hybridized carbons (Fsp3) is 0.111. The van der Waals surface area contributed by atoms with Gasteiger partial charge in [0.1, 0.15) is 11.5 Å². The molecule has 5 aromatic rings. The standard InChI is InChI=1S/C27H20FN5O3/c1-33-21-14-31-20-12-22(35-2)23(36-26(27(30)34)16-6-4-3-5-7-16)11-18(20)24(21)25(32-33)17-9-8-15(13-29)10-19(17)28/h3-12,14,26H,1-2H3,(H2,30,34). The van der Waals surface area contributed by atoms with E-state index >= 15 is 0 Å². The van der Waals surface area contributed by atoms with Crippen molar-refractivity contribution in [3.05, 3.63) is 83.8 Å². The molecule has 2 N–H and O–H groups in total. The Morgan fingerprint density at radius 1 is 1.14 bits per heavy atom. The first kappa shape index (κ1) is 22.8. The van der Waals surface area contributed by atoms with Gasteiger partial charge in [-0.15, -0.1) is 0 Å². The summed E-state index contributed by atoms with van der Waals surface area (Å²) in [5.41, 5.74) is 8.30. The molecule has 2 aromatic heterocycles. The number of amides is 1. The summed E-state index contributed by atoms with van der Waals surface area (Å²) in [4.78, 5) is 16.8. The molecule has 9 heteroatoms. The van der Waals surface area contributed by atoms with Crippen LogP contribution in [0.4, 0.5) is 4.39 Å². The highest BCUT2D eigenvalue weighted by atomic mass is 19.1. The number of nitriles is 1. The number of primary amides is 1. The van der Waals surface area contributed by atoms with Gasteiger partial charge in [0, 0.05) is 35.0 Å². The van der Waals surface area contributed by atoms with E-state index in [9.17, 15) is 9.18 Å². The number of nitrogens with zero attached hydrogens (tertiary/aromatic N) is 4. The highest BCUT2D eigenvalue weighted by molar-refractivity contribution is 6.12. The zero-order valence-electron chi connectivity index (χ0n) is 19.4. The summed E-state index contributed by atoms with van der Waals surface area (Å²) < 4.78 is 28.2. The highest BCUT2D eigenvalue weighted by Crippen LogP contribution is 2.40. The molecule has 0 aliphatic rings. The van der Waals surface area contributed by atoms with Crippen molar-refractivity contribution in [1.29, 1.82) is 5.26 Å². The normalized spacial score (nSPS) is 11.8. The number of carbonyl (C=O) groups is 1. The third-order valence-corrected chi connectivity index (χ3v) is 5.93. The van der Waals surface area contributed by atoms with E-state index in [2.05, 4.69) is 10.1 Å². The number of pyridine rings is 1. The van der Waals surface area contributed by atoms with Gasteiger partial charge in [-0.1, -0.05) is 30.3 Å². The number of fused-ring (bicyclic) bond motifs is 3. The van der Waals surface area contributed by atoms with Crippen molar-refractivity contribution in [3.63, 3.8) is 0 Å². The Labute approximate surface area is 205 Å². The predicted octanol–water partition coefficient (Wildman–Crippen LogP) is 4.41. The van der Waals surface area contributed by atoms with E-state index < -0.39 is 17.8 Å². The van der Waals surface area contributed by atoms with Crippen LogP contribution in [0.1, 0.15) is 17.2 Å². The maximum absolute atomic E-state index is 15.0. The van der Waals surface area contributed by atoms with E-state index in [-0.39, 0.29) is 16.9 Å². The Kier molecular flexibility index (Phi) is 5.70. The number of ether oxygens (including phenoxy) is 2. The van der Waals surface area contributed by atoms with Crippen LogP contribution in [-0.2, 0) is 11.8 Å². The summed E-state index contributed by atoms with van der Waals surface area (Å²) >= 11 is 0. The zero-order valence-corrected chi connectivity index (χ0v) is 19.4. The number of nitrogens with two attached hydrogens (primary N) is 1. The molecular weight excluding hydrogens is 461 g/mol. The number of hydrogen-bond donors (Lipinski definition) is 1. The molecule has 178 valence electrons. The summed E-state index contributed by atoms with van der Waals surface area (Å²) in [6.45, 7) is 0. The maximum Gasteiger partial charge on any atom is 0.263 e. The number of hydrogen-bond acceptors (Lipinski definition) is 6. The fourth-order valence-electron chi connectivity index (χ4n) is 4.20. The highest BCUT2D eigenvalue weighted by Gasteiger charge is 2.24. The first-order valence-electron chi connectivity index (χ1n) is 11.0. The molecule has 5 rings (SSSR count). The summed E-state index contributed by atoms with van der Waals surface area (Å²) in [6, 6.07) is 18.4. The molecule has 1 atom stereocenters. The quantitative estimate of drug-likeness (QED) is 0.384. The Morgan fingerprint density at radius 2 is 1.92 bits per heavy atom. The summed E-state index contributed by atoms with van der Waals surface area (Å²) in [7, 11) is 3.22. The second kappa shape index (κ2) is 9.00. The van der Waals surface area contributed by atoms with Crippen molar-refractivity contribution in [2.45, 2.75) is 6.10 Å². The molecule has 0 radical (unpaired) electrons. The van der Waals surface area contributed by atoms with Gasteiger partial charge in [0.05, 0.1) is 36.0 Å².